The minimum Gasteiger partial charge on any atom is -0.268 e. The van der Waals surface area contributed by atoms with Crippen LogP contribution in [-0.2, 0) is 12.4 Å². The number of aromatic nitrogens is 1. The van der Waals surface area contributed by atoms with Crippen LogP contribution in [0.5, 0.6) is 0 Å². The first kappa shape index (κ1) is 20.6. The molecule has 1 aromatic heterocycles. The molecule has 4 rings (SSSR count). The number of fused-ring (bicyclic) bond motifs is 3. The van der Waals surface area contributed by atoms with Crippen molar-refractivity contribution in [2.45, 2.75) is 12.4 Å². The molecule has 0 amide bonds. The van der Waals surface area contributed by atoms with Crippen LogP contribution in [-0.4, -0.2) is 4.57 Å². The van der Waals surface area contributed by atoms with Crippen LogP contribution in [0, 0.1) is 0 Å². The number of alkyl halides is 6. The van der Waals surface area contributed by atoms with Crippen molar-refractivity contribution in [2.75, 3.05) is 0 Å². The number of halogens is 6. The zero-order valence-corrected chi connectivity index (χ0v) is 15.4. The number of rotatable bonds is 1. The van der Waals surface area contributed by atoms with E-state index in [0.717, 1.165) is 0 Å². The second-order valence-electron chi connectivity index (χ2n) is 6.80. The molecule has 158 valence electrons. The Morgan fingerprint density at radius 1 is 0.548 bits per heavy atom. The standard InChI is InChI=1S/C22H11F6NO2/c23-21(24,25)12-9-13(22(26,27)28)11-14(10-12)29-19(30)17-7-3-1-5-15(17)16-6-2-4-8-18(16)20(29)31/h1-11H. The first-order valence-electron chi connectivity index (χ1n) is 8.85. The normalized spacial score (nSPS) is 12.5. The molecular weight excluding hydrogens is 424 g/mol. The lowest BCUT2D eigenvalue weighted by atomic mass is 10.1. The Balaban J connectivity index is 2.24. The summed E-state index contributed by atoms with van der Waals surface area (Å²) >= 11 is 0. The van der Waals surface area contributed by atoms with Crippen molar-refractivity contribution < 1.29 is 26.3 Å². The molecule has 0 atom stereocenters. The summed E-state index contributed by atoms with van der Waals surface area (Å²) in [5.41, 5.74) is -6.11. The Bertz CT molecular complexity index is 1350. The van der Waals surface area contributed by atoms with Crippen molar-refractivity contribution in [2.24, 2.45) is 0 Å². The molecular formula is C22H11F6NO2. The summed E-state index contributed by atoms with van der Waals surface area (Å²) in [5, 5.41) is 0.655. The van der Waals surface area contributed by atoms with Crippen molar-refractivity contribution in [1.29, 1.82) is 0 Å². The van der Waals surface area contributed by atoms with E-state index in [2.05, 4.69) is 0 Å². The van der Waals surface area contributed by atoms with Gasteiger partial charge in [-0.05, 0) is 41.1 Å². The maximum atomic E-state index is 13.3. The third-order valence-electron chi connectivity index (χ3n) is 4.84. The molecule has 0 spiro atoms. The highest BCUT2D eigenvalue weighted by atomic mass is 19.4. The SMILES string of the molecule is O=c1c2ccccc2c2ccccc2c(=O)n1-c1cc(C(F)(F)F)cc(C(F)(F)F)c1. The molecule has 0 bridgehead atoms. The topological polar surface area (TPSA) is 39.1 Å². The van der Waals surface area contributed by atoms with Crippen LogP contribution in [0.25, 0.3) is 27.2 Å². The van der Waals surface area contributed by atoms with Gasteiger partial charge in [0.05, 0.1) is 16.8 Å². The van der Waals surface area contributed by atoms with Gasteiger partial charge in [-0.2, -0.15) is 26.3 Å². The summed E-state index contributed by atoms with van der Waals surface area (Å²) in [6.45, 7) is 0. The fraction of sp³-hybridized carbons (Fsp3) is 0.0909. The molecule has 0 aliphatic rings. The minimum atomic E-state index is -5.12. The maximum Gasteiger partial charge on any atom is 0.416 e. The molecule has 0 saturated heterocycles. The predicted octanol–water partition coefficient (Wildman–Crippen LogP) is 5.54. The molecule has 0 unspecified atom stereocenters. The molecule has 4 aromatic rings. The molecule has 0 aliphatic carbocycles. The van der Waals surface area contributed by atoms with Gasteiger partial charge in [-0.3, -0.25) is 9.59 Å². The quantitative estimate of drug-likeness (QED) is 0.368. The minimum absolute atomic E-state index is 0.0215. The van der Waals surface area contributed by atoms with Gasteiger partial charge in [-0.25, -0.2) is 4.57 Å². The summed E-state index contributed by atoms with van der Waals surface area (Å²) in [5.74, 6) is 0. The van der Waals surface area contributed by atoms with E-state index < -0.39 is 40.3 Å². The van der Waals surface area contributed by atoms with Crippen LogP contribution in [0.15, 0.2) is 76.3 Å². The van der Waals surface area contributed by atoms with E-state index in [9.17, 15) is 35.9 Å². The molecule has 0 N–H and O–H groups in total. The summed E-state index contributed by atoms with van der Waals surface area (Å²) in [6, 6.07) is 12.7. The molecule has 31 heavy (non-hydrogen) atoms. The van der Waals surface area contributed by atoms with Crippen LogP contribution < -0.4 is 11.1 Å². The van der Waals surface area contributed by atoms with Gasteiger partial charge in [-0.1, -0.05) is 36.4 Å². The largest absolute Gasteiger partial charge is 0.416 e. The lowest BCUT2D eigenvalue weighted by Crippen LogP contribution is -2.29. The average molecular weight is 435 g/mol. The fourth-order valence-electron chi connectivity index (χ4n) is 3.44. The lowest BCUT2D eigenvalue weighted by molar-refractivity contribution is -0.143. The summed E-state index contributed by atoms with van der Waals surface area (Å²) in [6.07, 6.45) is -10.2. The van der Waals surface area contributed by atoms with E-state index in [0.29, 0.717) is 27.5 Å². The molecule has 9 heteroatoms. The van der Waals surface area contributed by atoms with E-state index >= 15 is 0 Å². The van der Waals surface area contributed by atoms with Crippen LogP contribution in [0.3, 0.4) is 0 Å². The molecule has 0 saturated carbocycles. The van der Waals surface area contributed by atoms with E-state index in [1.54, 1.807) is 24.3 Å². The van der Waals surface area contributed by atoms with Crippen LogP contribution in [0.4, 0.5) is 26.3 Å². The van der Waals surface area contributed by atoms with Crippen LogP contribution >= 0.6 is 0 Å². The first-order valence-corrected chi connectivity index (χ1v) is 8.85. The second-order valence-corrected chi connectivity index (χ2v) is 6.80. The molecule has 0 radical (unpaired) electrons. The van der Waals surface area contributed by atoms with E-state index in [1.165, 1.54) is 24.3 Å². The zero-order valence-electron chi connectivity index (χ0n) is 15.4. The van der Waals surface area contributed by atoms with Gasteiger partial charge in [0.25, 0.3) is 11.1 Å². The Hall–Kier alpha value is -3.62. The van der Waals surface area contributed by atoms with E-state index in [1.807, 2.05) is 0 Å². The Kier molecular flexibility index (Phi) is 4.64. The number of benzene rings is 3. The van der Waals surface area contributed by atoms with Gasteiger partial charge in [-0.15, -0.1) is 0 Å². The Morgan fingerprint density at radius 2 is 0.903 bits per heavy atom. The third-order valence-corrected chi connectivity index (χ3v) is 4.84. The first-order chi connectivity index (χ1) is 14.5. The Morgan fingerprint density at radius 3 is 1.26 bits per heavy atom. The van der Waals surface area contributed by atoms with Gasteiger partial charge < -0.3 is 0 Å². The van der Waals surface area contributed by atoms with Gasteiger partial charge in [0.1, 0.15) is 0 Å². The van der Waals surface area contributed by atoms with Crippen molar-refractivity contribution in [3.05, 3.63) is 98.6 Å². The van der Waals surface area contributed by atoms with E-state index in [-0.39, 0.29) is 16.8 Å². The van der Waals surface area contributed by atoms with Crippen molar-refractivity contribution in [3.8, 4) is 5.69 Å². The number of hydrogen-bond donors (Lipinski definition) is 0. The van der Waals surface area contributed by atoms with Gasteiger partial charge in [0.15, 0.2) is 0 Å². The predicted molar refractivity (Wildman–Crippen MR) is 103 cm³/mol. The van der Waals surface area contributed by atoms with Gasteiger partial charge in [0.2, 0.25) is 0 Å². The van der Waals surface area contributed by atoms with Crippen LogP contribution in [0.1, 0.15) is 11.1 Å². The molecule has 3 nitrogen and oxygen atoms in total. The number of nitrogens with zero attached hydrogens (tertiary/aromatic N) is 1. The molecule has 1 heterocycles. The molecule has 3 aromatic carbocycles. The maximum absolute atomic E-state index is 13.3. The summed E-state index contributed by atoms with van der Waals surface area (Å²) in [4.78, 5) is 26.4. The highest BCUT2D eigenvalue weighted by Crippen LogP contribution is 2.37. The van der Waals surface area contributed by atoms with E-state index in [4.69, 9.17) is 0 Å². The second kappa shape index (κ2) is 6.97. The van der Waals surface area contributed by atoms with Crippen molar-refractivity contribution in [3.63, 3.8) is 0 Å². The molecule has 0 fully saturated rings. The van der Waals surface area contributed by atoms with Crippen LogP contribution in [0.2, 0.25) is 0 Å². The van der Waals surface area contributed by atoms with Gasteiger partial charge >= 0.3 is 12.4 Å². The summed E-state index contributed by atoms with van der Waals surface area (Å²) < 4.78 is 80.2. The summed E-state index contributed by atoms with van der Waals surface area (Å²) in [7, 11) is 0. The average Bonchev–Trinajstić information content (AvgIpc) is 2.80. The van der Waals surface area contributed by atoms with Crippen molar-refractivity contribution >= 4 is 21.5 Å². The van der Waals surface area contributed by atoms with Crippen molar-refractivity contribution in [1.82, 2.24) is 4.57 Å². The monoisotopic (exact) mass is 435 g/mol. The highest BCUT2D eigenvalue weighted by Gasteiger charge is 2.37. The van der Waals surface area contributed by atoms with Gasteiger partial charge in [0, 0.05) is 10.8 Å². The lowest BCUT2D eigenvalue weighted by Gasteiger charge is -2.14. The Labute approximate surface area is 169 Å². The fourth-order valence-corrected chi connectivity index (χ4v) is 3.44. The number of hydrogen-bond acceptors (Lipinski definition) is 2. The molecule has 0 aliphatic heterocycles. The highest BCUT2D eigenvalue weighted by molar-refractivity contribution is 6.05. The smallest absolute Gasteiger partial charge is 0.268 e. The third kappa shape index (κ3) is 3.56. The zero-order chi connectivity index (χ0) is 22.6.